The molecule has 106 valence electrons. The Balaban J connectivity index is 2.07. The van der Waals surface area contributed by atoms with Crippen molar-refractivity contribution in [2.24, 2.45) is 0 Å². The number of nitrogens with zero attached hydrogens (tertiary/aromatic N) is 3. The largest absolute Gasteiger partial charge is 0.364 e. The highest BCUT2D eigenvalue weighted by atomic mass is 35.5. The van der Waals surface area contributed by atoms with Crippen LogP contribution in [0.25, 0.3) is 5.65 Å². The molecule has 1 amide bonds. The molecule has 1 saturated carbocycles. The third kappa shape index (κ3) is 2.45. The van der Waals surface area contributed by atoms with Crippen LogP contribution in [0.2, 0.25) is 0 Å². The van der Waals surface area contributed by atoms with Gasteiger partial charge in [-0.3, -0.25) is 4.79 Å². The number of hydrogen-bond donors (Lipinski definition) is 1. The van der Waals surface area contributed by atoms with Crippen molar-refractivity contribution in [1.82, 2.24) is 19.9 Å². The second kappa shape index (κ2) is 4.37. The lowest BCUT2D eigenvalue weighted by molar-refractivity contribution is 0.0864. The number of nitrogens with one attached hydrogen (secondary N) is 1. The molecule has 0 aliphatic heterocycles. The monoisotopic (exact) mass is 300 g/mol. The number of amides is 1. The van der Waals surface area contributed by atoms with Gasteiger partial charge in [-0.2, -0.15) is 13.9 Å². The van der Waals surface area contributed by atoms with Crippen LogP contribution in [0.3, 0.4) is 0 Å². The van der Waals surface area contributed by atoms with E-state index in [1.165, 1.54) is 6.07 Å². The van der Waals surface area contributed by atoms with Crippen molar-refractivity contribution in [3.05, 3.63) is 29.2 Å². The maximum atomic E-state index is 13.4. The van der Waals surface area contributed by atoms with E-state index in [0.717, 1.165) is 23.4 Å². The zero-order valence-corrected chi connectivity index (χ0v) is 11.3. The number of carbonyl (C=O) groups is 1. The Kier molecular flexibility index (Phi) is 2.89. The summed E-state index contributed by atoms with van der Waals surface area (Å²) in [5.74, 6) is -0.389. The summed E-state index contributed by atoms with van der Waals surface area (Å²) in [5, 5.41) is 3.04. The van der Waals surface area contributed by atoms with E-state index >= 15 is 0 Å². The van der Waals surface area contributed by atoms with Crippen LogP contribution in [0.4, 0.5) is 8.78 Å². The Morgan fingerprint density at radius 1 is 1.50 bits per heavy atom. The molecule has 1 N–H and O–H groups in total. The Bertz CT molecular complexity index is 691. The summed E-state index contributed by atoms with van der Waals surface area (Å²) < 4.78 is 27.6. The molecule has 0 atom stereocenters. The van der Waals surface area contributed by atoms with E-state index < -0.39 is 11.1 Å². The normalized spacial score (nSPS) is 15.6. The minimum Gasteiger partial charge on any atom is -0.348 e. The van der Waals surface area contributed by atoms with Crippen LogP contribution < -0.4 is 5.32 Å². The van der Waals surface area contributed by atoms with E-state index in [2.05, 4.69) is 15.4 Å². The first-order valence-corrected chi connectivity index (χ1v) is 6.48. The molecule has 0 radical (unpaired) electrons. The van der Waals surface area contributed by atoms with Crippen molar-refractivity contribution in [1.29, 1.82) is 0 Å². The molecule has 8 heteroatoms. The number of alkyl halides is 3. The number of carbonyl (C=O) groups excluding carboxylic acids is 1. The van der Waals surface area contributed by atoms with E-state index in [4.69, 9.17) is 11.6 Å². The first-order chi connectivity index (χ1) is 9.34. The highest BCUT2D eigenvalue weighted by Crippen LogP contribution is 2.32. The fourth-order valence-electron chi connectivity index (χ4n) is 1.90. The summed E-state index contributed by atoms with van der Waals surface area (Å²) in [7, 11) is 0. The van der Waals surface area contributed by atoms with Gasteiger partial charge in [0.2, 0.25) is 0 Å². The van der Waals surface area contributed by atoms with Crippen LogP contribution in [0.5, 0.6) is 0 Å². The zero-order valence-electron chi connectivity index (χ0n) is 10.5. The lowest BCUT2D eigenvalue weighted by Gasteiger charge is -2.10. The molecular weight excluding hydrogens is 290 g/mol. The van der Waals surface area contributed by atoms with Crippen molar-refractivity contribution in [2.75, 3.05) is 0 Å². The summed E-state index contributed by atoms with van der Waals surface area (Å²) in [6, 6.07) is 2.68. The van der Waals surface area contributed by atoms with Crippen molar-refractivity contribution in [2.45, 2.75) is 31.2 Å². The van der Waals surface area contributed by atoms with Gasteiger partial charge < -0.3 is 5.32 Å². The van der Waals surface area contributed by atoms with Gasteiger partial charge in [-0.25, -0.2) is 9.50 Å². The number of halogens is 3. The van der Waals surface area contributed by atoms with Gasteiger partial charge in [0.15, 0.2) is 11.3 Å². The number of aryl methyl sites for hydroxylation is 1. The molecule has 1 aliphatic carbocycles. The third-order valence-corrected chi connectivity index (χ3v) is 3.18. The van der Waals surface area contributed by atoms with Crippen LogP contribution in [-0.4, -0.2) is 26.5 Å². The van der Waals surface area contributed by atoms with Gasteiger partial charge >= 0.3 is 5.38 Å². The summed E-state index contributed by atoms with van der Waals surface area (Å²) >= 11 is 5.07. The van der Waals surface area contributed by atoms with Crippen LogP contribution in [0.15, 0.2) is 12.1 Å². The highest BCUT2D eigenvalue weighted by Gasteiger charge is 2.33. The molecule has 0 aromatic carbocycles. The molecular formula is C12H11ClF2N4O. The molecule has 0 spiro atoms. The Labute approximate surface area is 117 Å². The molecule has 2 heterocycles. The minimum atomic E-state index is -3.58. The average Bonchev–Trinajstić information content (AvgIpc) is 3.04. The smallest absolute Gasteiger partial charge is 0.348 e. The van der Waals surface area contributed by atoms with Gasteiger partial charge in [-0.05, 0) is 37.4 Å². The first-order valence-electron chi connectivity index (χ1n) is 6.10. The van der Waals surface area contributed by atoms with Gasteiger partial charge in [0, 0.05) is 17.8 Å². The predicted molar refractivity (Wildman–Crippen MR) is 68.0 cm³/mol. The second-order valence-electron chi connectivity index (χ2n) is 4.83. The van der Waals surface area contributed by atoms with E-state index in [1.54, 1.807) is 6.92 Å². The fourth-order valence-corrected chi connectivity index (χ4v) is 2.03. The van der Waals surface area contributed by atoms with Crippen LogP contribution in [0.1, 0.15) is 34.7 Å². The summed E-state index contributed by atoms with van der Waals surface area (Å²) in [6.45, 7) is 1.57. The molecule has 2 aromatic rings. The third-order valence-electron chi connectivity index (χ3n) is 2.99. The predicted octanol–water partition coefficient (Wildman–Crippen LogP) is 2.22. The maximum Gasteiger partial charge on any atom is 0.364 e. The lowest BCUT2D eigenvalue weighted by Crippen LogP contribution is -2.25. The van der Waals surface area contributed by atoms with Crippen molar-refractivity contribution >= 4 is 23.2 Å². The van der Waals surface area contributed by atoms with Gasteiger partial charge in [0.25, 0.3) is 5.91 Å². The summed E-state index contributed by atoms with van der Waals surface area (Å²) in [6.07, 6.45) is 1.86. The van der Waals surface area contributed by atoms with Crippen molar-refractivity contribution in [3.8, 4) is 0 Å². The maximum absolute atomic E-state index is 13.4. The summed E-state index contributed by atoms with van der Waals surface area (Å²) in [4.78, 5) is 16.0. The SMILES string of the molecule is Cc1cc(C(F)(F)Cl)n2nc(C(=O)NC3CC3)cc2n1. The topological polar surface area (TPSA) is 59.3 Å². The number of aromatic nitrogens is 3. The van der Waals surface area contributed by atoms with E-state index in [1.807, 2.05) is 0 Å². The molecule has 5 nitrogen and oxygen atoms in total. The fraction of sp³-hybridized carbons (Fsp3) is 0.417. The molecule has 0 unspecified atom stereocenters. The number of fused-ring (bicyclic) bond motifs is 1. The van der Waals surface area contributed by atoms with Crippen LogP contribution in [-0.2, 0) is 5.38 Å². The molecule has 20 heavy (non-hydrogen) atoms. The number of hydrogen-bond acceptors (Lipinski definition) is 3. The van der Waals surface area contributed by atoms with Gasteiger partial charge in [0.05, 0.1) is 0 Å². The molecule has 1 aliphatic rings. The molecule has 2 aromatic heterocycles. The Hall–Kier alpha value is -1.76. The lowest BCUT2D eigenvalue weighted by atomic mass is 10.3. The quantitative estimate of drug-likeness (QED) is 0.884. The first kappa shape index (κ1) is 13.2. The van der Waals surface area contributed by atoms with Crippen LogP contribution in [0, 0.1) is 6.92 Å². The summed E-state index contributed by atoms with van der Waals surface area (Å²) in [5.41, 5.74) is 0.0902. The molecule has 0 saturated heterocycles. The zero-order chi connectivity index (χ0) is 14.5. The standard InChI is InChI=1S/C12H11ClF2N4O/c1-6-4-9(12(13,14)15)19-10(16-6)5-8(18-19)11(20)17-7-2-3-7/h4-5,7H,2-3H2,1H3,(H,17,20). The average molecular weight is 301 g/mol. The van der Waals surface area contributed by atoms with E-state index in [0.29, 0.717) is 5.69 Å². The molecule has 3 rings (SSSR count). The van der Waals surface area contributed by atoms with E-state index in [9.17, 15) is 13.6 Å². The Morgan fingerprint density at radius 2 is 2.20 bits per heavy atom. The molecule has 0 bridgehead atoms. The van der Waals surface area contributed by atoms with Gasteiger partial charge in [0.1, 0.15) is 5.69 Å². The second-order valence-corrected chi connectivity index (χ2v) is 5.30. The van der Waals surface area contributed by atoms with Gasteiger partial charge in [-0.15, -0.1) is 0 Å². The molecule has 1 fully saturated rings. The van der Waals surface area contributed by atoms with E-state index in [-0.39, 0.29) is 23.3 Å². The minimum absolute atomic E-state index is 0.0529. The van der Waals surface area contributed by atoms with Crippen LogP contribution >= 0.6 is 11.6 Å². The highest BCUT2D eigenvalue weighted by molar-refractivity contribution is 6.21. The number of rotatable bonds is 3. The van der Waals surface area contributed by atoms with Crippen molar-refractivity contribution in [3.63, 3.8) is 0 Å². The van der Waals surface area contributed by atoms with Crippen molar-refractivity contribution < 1.29 is 13.6 Å². The Morgan fingerprint density at radius 3 is 2.80 bits per heavy atom. The van der Waals surface area contributed by atoms with Gasteiger partial charge in [-0.1, -0.05) is 0 Å².